The van der Waals surface area contributed by atoms with E-state index in [4.69, 9.17) is 10.2 Å². The van der Waals surface area contributed by atoms with Crippen LogP contribution in [0.5, 0.6) is 0 Å². The molecule has 1 atom stereocenters. The summed E-state index contributed by atoms with van der Waals surface area (Å²) >= 11 is 1.62. The molecule has 0 aliphatic carbocycles. The van der Waals surface area contributed by atoms with Crippen LogP contribution in [0.3, 0.4) is 0 Å². The summed E-state index contributed by atoms with van der Waals surface area (Å²) in [6.07, 6.45) is 3.70. The van der Waals surface area contributed by atoms with Crippen molar-refractivity contribution in [3.63, 3.8) is 0 Å². The lowest BCUT2D eigenvalue weighted by Crippen LogP contribution is -2.36. The maximum absolute atomic E-state index is 9.10. The Bertz CT molecular complexity index is 1050. The van der Waals surface area contributed by atoms with Crippen LogP contribution in [-0.4, -0.2) is 38.0 Å². The molecular weight excluding hydrogens is 384 g/mol. The number of hydrogen-bond acceptors (Lipinski definition) is 9. The molecule has 1 saturated heterocycles. The van der Waals surface area contributed by atoms with E-state index in [1.807, 2.05) is 19.9 Å². The lowest BCUT2D eigenvalue weighted by molar-refractivity contribution is 0.494. The molecule has 1 aliphatic heterocycles. The number of anilines is 3. The van der Waals surface area contributed by atoms with Crippen molar-refractivity contribution < 1.29 is 0 Å². The van der Waals surface area contributed by atoms with Crippen LogP contribution in [0.25, 0.3) is 0 Å². The largest absolute Gasteiger partial charge is 0.340 e. The van der Waals surface area contributed by atoms with Gasteiger partial charge < -0.3 is 10.2 Å². The molecule has 0 spiro atoms. The standard InChI is InChI=1S/C20H22N8S/c1-12-13(2)29-20(23-12)27-18-9-17(24-14(3)25-18)15-5-4-8-28(11-15)19-22-7-6-16(10-21)26-19/h6-7,9,15H,4-5,8,11H2,1-3H3,(H,23,24,25,27). The average molecular weight is 407 g/mol. The predicted octanol–water partition coefficient (Wildman–Crippen LogP) is 3.65. The predicted molar refractivity (Wildman–Crippen MR) is 113 cm³/mol. The van der Waals surface area contributed by atoms with Gasteiger partial charge in [-0.2, -0.15) is 5.26 Å². The fourth-order valence-corrected chi connectivity index (χ4v) is 4.28. The summed E-state index contributed by atoms with van der Waals surface area (Å²) in [5, 5.41) is 13.3. The van der Waals surface area contributed by atoms with Crippen molar-refractivity contribution in [2.75, 3.05) is 23.3 Å². The molecule has 4 heterocycles. The van der Waals surface area contributed by atoms with E-state index in [1.165, 1.54) is 4.88 Å². The molecule has 1 unspecified atom stereocenters. The monoisotopic (exact) mass is 406 g/mol. The SMILES string of the molecule is Cc1nc(Nc2nc(C)c(C)s2)cc(C2CCCN(c3nccc(C#N)n3)C2)n1. The lowest BCUT2D eigenvalue weighted by atomic mass is 9.94. The van der Waals surface area contributed by atoms with Gasteiger partial charge in [0, 0.05) is 36.1 Å². The Labute approximate surface area is 173 Å². The van der Waals surface area contributed by atoms with Crippen LogP contribution in [0, 0.1) is 32.1 Å². The third-order valence-electron chi connectivity index (χ3n) is 5.00. The normalized spacial score (nSPS) is 16.5. The van der Waals surface area contributed by atoms with Gasteiger partial charge in [0.2, 0.25) is 5.95 Å². The van der Waals surface area contributed by atoms with Crippen LogP contribution < -0.4 is 10.2 Å². The minimum atomic E-state index is 0.250. The summed E-state index contributed by atoms with van der Waals surface area (Å²) in [6.45, 7) is 7.62. The first kappa shape index (κ1) is 19.2. The number of thiazole rings is 1. The lowest BCUT2D eigenvalue weighted by Gasteiger charge is -2.32. The van der Waals surface area contributed by atoms with Crippen LogP contribution >= 0.6 is 11.3 Å². The summed E-state index contributed by atoms with van der Waals surface area (Å²) < 4.78 is 0. The third kappa shape index (κ3) is 4.32. The van der Waals surface area contributed by atoms with Gasteiger partial charge in [-0.1, -0.05) is 0 Å². The van der Waals surface area contributed by atoms with Crippen LogP contribution in [0.1, 0.15) is 46.5 Å². The van der Waals surface area contributed by atoms with E-state index >= 15 is 0 Å². The van der Waals surface area contributed by atoms with Crippen LogP contribution in [-0.2, 0) is 0 Å². The fourth-order valence-electron chi connectivity index (χ4n) is 3.46. The molecule has 4 rings (SSSR count). The minimum absolute atomic E-state index is 0.250. The van der Waals surface area contributed by atoms with Gasteiger partial charge in [0.1, 0.15) is 23.4 Å². The maximum Gasteiger partial charge on any atom is 0.226 e. The molecule has 8 nitrogen and oxygen atoms in total. The van der Waals surface area contributed by atoms with Gasteiger partial charge in [-0.3, -0.25) is 0 Å². The number of piperidine rings is 1. The van der Waals surface area contributed by atoms with Crippen LogP contribution in [0.15, 0.2) is 18.3 Å². The average Bonchev–Trinajstić information content (AvgIpc) is 3.04. The Morgan fingerprint density at radius 3 is 2.83 bits per heavy atom. The highest BCUT2D eigenvalue weighted by Gasteiger charge is 2.25. The van der Waals surface area contributed by atoms with E-state index in [0.29, 0.717) is 11.6 Å². The molecule has 0 radical (unpaired) electrons. The zero-order valence-corrected chi connectivity index (χ0v) is 17.5. The molecule has 29 heavy (non-hydrogen) atoms. The zero-order valence-electron chi connectivity index (χ0n) is 16.7. The van der Waals surface area contributed by atoms with Gasteiger partial charge in [-0.05, 0) is 39.7 Å². The number of hydrogen-bond donors (Lipinski definition) is 1. The number of nitrogens with zero attached hydrogens (tertiary/aromatic N) is 7. The molecule has 148 valence electrons. The summed E-state index contributed by atoms with van der Waals surface area (Å²) in [5.41, 5.74) is 2.42. The smallest absolute Gasteiger partial charge is 0.226 e. The molecule has 3 aromatic heterocycles. The second-order valence-corrected chi connectivity index (χ2v) is 8.35. The Hall–Kier alpha value is -3.12. The molecule has 1 fully saturated rings. The van der Waals surface area contributed by atoms with Crippen molar-refractivity contribution in [2.24, 2.45) is 0 Å². The van der Waals surface area contributed by atoms with Crippen LogP contribution in [0.4, 0.5) is 16.9 Å². The molecule has 0 saturated carbocycles. The maximum atomic E-state index is 9.10. The van der Waals surface area contributed by atoms with Gasteiger partial charge >= 0.3 is 0 Å². The highest BCUT2D eigenvalue weighted by molar-refractivity contribution is 7.15. The first-order valence-electron chi connectivity index (χ1n) is 9.56. The van der Waals surface area contributed by atoms with E-state index in [-0.39, 0.29) is 5.92 Å². The summed E-state index contributed by atoms with van der Waals surface area (Å²) in [6, 6.07) is 5.72. The Kier molecular flexibility index (Phi) is 5.36. The second kappa shape index (κ2) is 8.09. The second-order valence-electron chi connectivity index (χ2n) is 7.15. The highest BCUT2D eigenvalue weighted by atomic mass is 32.1. The quantitative estimate of drug-likeness (QED) is 0.700. The molecule has 9 heteroatoms. The summed E-state index contributed by atoms with van der Waals surface area (Å²) in [4.78, 5) is 25.8. The number of aryl methyl sites for hydroxylation is 3. The summed E-state index contributed by atoms with van der Waals surface area (Å²) in [5.74, 6) is 2.35. The molecule has 0 bridgehead atoms. The molecule has 0 amide bonds. The van der Waals surface area contributed by atoms with E-state index in [9.17, 15) is 0 Å². The summed E-state index contributed by atoms with van der Waals surface area (Å²) in [7, 11) is 0. The van der Waals surface area contributed by atoms with Crippen molar-refractivity contribution in [3.8, 4) is 6.07 Å². The van der Waals surface area contributed by atoms with Crippen molar-refractivity contribution in [1.82, 2.24) is 24.9 Å². The van der Waals surface area contributed by atoms with E-state index < -0.39 is 0 Å². The minimum Gasteiger partial charge on any atom is -0.340 e. The van der Waals surface area contributed by atoms with Gasteiger partial charge in [0.25, 0.3) is 0 Å². The highest BCUT2D eigenvalue weighted by Crippen LogP contribution is 2.30. The fraction of sp³-hybridized carbons (Fsp3) is 0.400. The molecule has 3 aromatic rings. The van der Waals surface area contributed by atoms with E-state index in [1.54, 1.807) is 23.6 Å². The van der Waals surface area contributed by atoms with E-state index in [0.717, 1.165) is 54.1 Å². The van der Waals surface area contributed by atoms with Crippen molar-refractivity contribution >= 4 is 28.2 Å². The van der Waals surface area contributed by atoms with Gasteiger partial charge in [0.15, 0.2) is 5.13 Å². The number of aromatic nitrogens is 5. The van der Waals surface area contributed by atoms with Gasteiger partial charge in [-0.15, -0.1) is 11.3 Å². The van der Waals surface area contributed by atoms with Crippen molar-refractivity contribution in [1.29, 1.82) is 5.26 Å². The first-order chi connectivity index (χ1) is 14.0. The number of rotatable bonds is 4. The zero-order chi connectivity index (χ0) is 20.4. The number of nitrogens with one attached hydrogen (secondary N) is 1. The number of nitriles is 1. The molecule has 1 N–H and O–H groups in total. The van der Waals surface area contributed by atoms with Crippen molar-refractivity contribution in [3.05, 3.63) is 46.1 Å². The van der Waals surface area contributed by atoms with Gasteiger partial charge in [0.05, 0.1) is 11.4 Å². The molecule has 0 aromatic carbocycles. The Morgan fingerprint density at radius 2 is 2.07 bits per heavy atom. The molecule has 1 aliphatic rings. The first-order valence-corrected chi connectivity index (χ1v) is 10.4. The third-order valence-corrected chi connectivity index (χ3v) is 5.99. The molecular formula is C20H22N8S. The van der Waals surface area contributed by atoms with Gasteiger partial charge in [-0.25, -0.2) is 24.9 Å². The van der Waals surface area contributed by atoms with E-state index in [2.05, 4.69) is 43.1 Å². The Balaban J connectivity index is 1.55. The van der Waals surface area contributed by atoms with Crippen LogP contribution in [0.2, 0.25) is 0 Å². The Morgan fingerprint density at radius 1 is 1.21 bits per heavy atom. The topological polar surface area (TPSA) is 104 Å². The van der Waals surface area contributed by atoms with Crippen molar-refractivity contribution in [2.45, 2.75) is 39.5 Å².